The molecule has 0 unspecified atom stereocenters. The standard InChI is InChI=1S/C23H21NO3S/c1-15(25)20-6-2-3-7-21(20)16-8-9-22-17(11-16)12-18(27-22)14-24-23(26)13-19-5-4-10-28-19/h2-11,18H,12-14H2,1H3,(H,24,26)/t18-/m1/s1. The normalized spacial score (nSPS) is 15.0. The fraction of sp³-hybridized carbons (Fsp3) is 0.217. The summed E-state index contributed by atoms with van der Waals surface area (Å²) < 4.78 is 5.98. The molecule has 1 amide bonds. The number of hydrogen-bond acceptors (Lipinski definition) is 4. The summed E-state index contributed by atoms with van der Waals surface area (Å²) in [6.07, 6.45) is 1.08. The molecule has 1 atom stereocenters. The van der Waals surface area contributed by atoms with Crippen molar-refractivity contribution in [3.63, 3.8) is 0 Å². The Balaban J connectivity index is 1.42. The lowest BCUT2D eigenvalue weighted by Crippen LogP contribution is -2.35. The lowest BCUT2D eigenvalue weighted by molar-refractivity contribution is -0.120. The average molecular weight is 391 g/mol. The molecule has 1 N–H and O–H groups in total. The summed E-state index contributed by atoms with van der Waals surface area (Å²) in [4.78, 5) is 25.1. The van der Waals surface area contributed by atoms with Gasteiger partial charge in [0.15, 0.2) is 5.78 Å². The summed E-state index contributed by atoms with van der Waals surface area (Å²) in [5, 5.41) is 4.94. The maximum Gasteiger partial charge on any atom is 0.225 e. The second-order valence-corrected chi connectivity index (χ2v) is 7.96. The Morgan fingerprint density at radius 3 is 2.79 bits per heavy atom. The lowest BCUT2D eigenvalue weighted by atomic mass is 9.95. The van der Waals surface area contributed by atoms with Gasteiger partial charge in [-0.25, -0.2) is 0 Å². The van der Waals surface area contributed by atoms with E-state index in [1.54, 1.807) is 18.3 Å². The lowest BCUT2D eigenvalue weighted by Gasteiger charge is -2.11. The molecule has 0 bridgehead atoms. The number of nitrogens with one attached hydrogen (secondary N) is 1. The van der Waals surface area contributed by atoms with Crippen LogP contribution in [0.2, 0.25) is 0 Å². The number of Topliss-reactive ketones (excluding diaryl/α,β-unsaturated/α-hetero) is 1. The van der Waals surface area contributed by atoms with Gasteiger partial charge in [0, 0.05) is 16.9 Å². The number of thiophene rings is 1. The third kappa shape index (κ3) is 3.99. The Morgan fingerprint density at radius 2 is 2.00 bits per heavy atom. The van der Waals surface area contributed by atoms with Gasteiger partial charge in [-0.15, -0.1) is 11.3 Å². The Morgan fingerprint density at radius 1 is 1.14 bits per heavy atom. The van der Waals surface area contributed by atoms with Gasteiger partial charge < -0.3 is 10.1 Å². The quantitative estimate of drug-likeness (QED) is 0.638. The number of amides is 1. The van der Waals surface area contributed by atoms with E-state index >= 15 is 0 Å². The molecule has 0 fully saturated rings. The summed E-state index contributed by atoms with van der Waals surface area (Å²) in [5.41, 5.74) is 3.77. The Labute approximate surface area is 168 Å². The van der Waals surface area contributed by atoms with Crippen LogP contribution < -0.4 is 10.1 Å². The minimum Gasteiger partial charge on any atom is -0.488 e. The van der Waals surface area contributed by atoms with Crippen LogP contribution in [0.4, 0.5) is 0 Å². The Bertz CT molecular complexity index is 1010. The molecule has 3 aromatic rings. The smallest absolute Gasteiger partial charge is 0.225 e. The number of hydrogen-bond donors (Lipinski definition) is 1. The van der Waals surface area contributed by atoms with Crippen molar-refractivity contribution in [2.24, 2.45) is 0 Å². The highest BCUT2D eigenvalue weighted by Crippen LogP contribution is 2.34. The minimum atomic E-state index is -0.0689. The molecule has 1 aliphatic rings. The molecule has 0 saturated carbocycles. The van der Waals surface area contributed by atoms with Crippen LogP contribution in [-0.4, -0.2) is 24.3 Å². The van der Waals surface area contributed by atoms with Crippen molar-refractivity contribution in [2.75, 3.05) is 6.54 Å². The fourth-order valence-electron chi connectivity index (χ4n) is 3.51. The fourth-order valence-corrected chi connectivity index (χ4v) is 4.21. The van der Waals surface area contributed by atoms with E-state index in [-0.39, 0.29) is 17.8 Å². The van der Waals surface area contributed by atoms with Gasteiger partial charge in [-0.05, 0) is 47.2 Å². The molecule has 1 aromatic heterocycles. The van der Waals surface area contributed by atoms with Gasteiger partial charge in [0.2, 0.25) is 5.91 Å². The van der Waals surface area contributed by atoms with E-state index in [1.807, 2.05) is 53.9 Å². The van der Waals surface area contributed by atoms with E-state index in [2.05, 4.69) is 11.4 Å². The van der Waals surface area contributed by atoms with Crippen LogP contribution in [-0.2, 0) is 17.6 Å². The third-order valence-corrected chi connectivity index (χ3v) is 5.74. The molecule has 142 valence electrons. The molecule has 28 heavy (non-hydrogen) atoms. The first-order chi connectivity index (χ1) is 13.6. The largest absolute Gasteiger partial charge is 0.488 e. The highest BCUT2D eigenvalue weighted by Gasteiger charge is 2.24. The van der Waals surface area contributed by atoms with E-state index in [1.165, 1.54) is 0 Å². The summed E-state index contributed by atoms with van der Waals surface area (Å²) in [6.45, 7) is 2.07. The van der Waals surface area contributed by atoms with Crippen LogP contribution in [0.1, 0.15) is 27.7 Å². The summed E-state index contributed by atoms with van der Waals surface area (Å²) in [6, 6.07) is 17.6. The molecule has 0 radical (unpaired) electrons. The molecule has 2 heterocycles. The summed E-state index contributed by atoms with van der Waals surface area (Å²) in [7, 11) is 0. The summed E-state index contributed by atoms with van der Waals surface area (Å²) >= 11 is 1.59. The van der Waals surface area contributed by atoms with Crippen molar-refractivity contribution < 1.29 is 14.3 Å². The van der Waals surface area contributed by atoms with Crippen molar-refractivity contribution in [3.05, 3.63) is 76.0 Å². The Hall–Kier alpha value is -2.92. The topological polar surface area (TPSA) is 55.4 Å². The second-order valence-electron chi connectivity index (χ2n) is 6.93. The molecule has 0 aliphatic carbocycles. The first-order valence-electron chi connectivity index (χ1n) is 9.29. The SMILES string of the molecule is CC(=O)c1ccccc1-c1ccc2c(c1)C[C@H](CNC(=O)Cc1cccs1)O2. The molecule has 4 nitrogen and oxygen atoms in total. The van der Waals surface area contributed by atoms with Crippen LogP contribution in [0.3, 0.4) is 0 Å². The number of ether oxygens (including phenoxy) is 1. The predicted octanol–water partition coefficient (Wildman–Crippen LogP) is 4.28. The van der Waals surface area contributed by atoms with Gasteiger partial charge >= 0.3 is 0 Å². The van der Waals surface area contributed by atoms with Crippen molar-refractivity contribution in [2.45, 2.75) is 25.9 Å². The molecule has 5 heteroatoms. The molecule has 0 saturated heterocycles. The first-order valence-corrected chi connectivity index (χ1v) is 10.2. The van der Waals surface area contributed by atoms with Crippen LogP contribution in [0, 0.1) is 0 Å². The van der Waals surface area contributed by atoms with Gasteiger partial charge in [0.1, 0.15) is 11.9 Å². The maximum atomic E-state index is 12.1. The highest BCUT2D eigenvalue weighted by atomic mass is 32.1. The molecular formula is C23H21NO3S. The van der Waals surface area contributed by atoms with Crippen LogP contribution in [0.5, 0.6) is 5.75 Å². The van der Waals surface area contributed by atoms with Crippen LogP contribution in [0.15, 0.2) is 60.0 Å². The molecule has 4 rings (SSSR count). The van der Waals surface area contributed by atoms with Gasteiger partial charge in [-0.1, -0.05) is 36.4 Å². The molecule has 0 spiro atoms. The predicted molar refractivity (Wildman–Crippen MR) is 111 cm³/mol. The van der Waals surface area contributed by atoms with E-state index < -0.39 is 0 Å². The van der Waals surface area contributed by atoms with E-state index in [0.717, 1.165) is 39.3 Å². The summed E-state index contributed by atoms with van der Waals surface area (Å²) in [5.74, 6) is 0.915. The first kappa shape index (κ1) is 18.4. The van der Waals surface area contributed by atoms with Crippen LogP contribution in [0.25, 0.3) is 11.1 Å². The van der Waals surface area contributed by atoms with Gasteiger partial charge in [-0.3, -0.25) is 9.59 Å². The van der Waals surface area contributed by atoms with Crippen molar-refractivity contribution in [1.82, 2.24) is 5.32 Å². The number of ketones is 1. The van der Waals surface area contributed by atoms with Crippen molar-refractivity contribution in [1.29, 1.82) is 0 Å². The molecular weight excluding hydrogens is 370 g/mol. The van der Waals surface area contributed by atoms with Gasteiger partial charge in [-0.2, -0.15) is 0 Å². The number of carbonyl (C=O) groups excluding carboxylic acids is 2. The number of benzene rings is 2. The number of rotatable bonds is 6. The zero-order chi connectivity index (χ0) is 19.5. The van der Waals surface area contributed by atoms with E-state index in [4.69, 9.17) is 4.74 Å². The minimum absolute atomic E-state index is 0.0121. The Kier molecular flexibility index (Phi) is 5.26. The number of fused-ring (bicyclic) bond motifs is 1. The number of carbonyl (C=O) groups is 2. The van der Waals surface area contributed by atoms with Gasteiger partial charge in [0.05, 0.1) is 13.0 Å². The zero-order valence-electron chi connectivity index (χ0n) is 15.6. The third-order valence-electron chi connectivity index (χ3n) is 4.86. The van der Waals surface area contributed by atoms with Crippen LogP contribution >= 0.6 is 11.3 Å². The van der Waals surface area contributed by atoms with E-state index in [0.29, 0.717) is 13.0 Å². The monoisotopic (exact) mass is 391 g/mol. The van der Waals surface area contributed by atoms with Gasteiger partial charge in [0.25, 0.3) is 0 Å². The van der Waals surface area contributed by atoms with Crippen molar-refractivity contribution in [3.8, 4) is 16.9 Å². The molecule has 1 aliphatic heterocycles. The van der Waals surface area contributed by atoms with E-state index in [9.17, 15) is 9.59 Å². The second kappa shape index (κ2) is 7.98. The highest BCUT2D eigenvalue weighted by molar-refractivity contribution is 7.10. The van der Waals surface area contributed by atoms with Crippen molar-refractivity contribution >= 4 is 23.0 Å². The maximum absolute atomic E-state index is 12.1. The zero-order valence-corrected chi connectivity index (χ0v) is 16.4. The average Bonchev–Trinajstić information content (AvgIpc) is 3.35. The molecule has 2 aromatic carbocycles.